The molecule has 2 rings (SSSR count). The zero-order valence-corrected chi connectivity index (χ0v) is 16.4. The molecule has 0 aliphatic carbocycles. The average Bonchev–Trinajstić information content (AvgIpc) is 2.67. The Morgan fingerprint density at radius 1 is 1.07 bits per heavy atom. The van der Waals surface area contributed by atoms with Gasteiger partial charge in [0.25, 0.3) is 0 Å². The fraction of sp³-hybridized carbons (Fsp3) is 0.381. The quantitative estimate of drug-likeness (QED) is 0.667. The van der Waals surface area contributed by atoms with Crippen molar-refractivity contribution in [2.75, 3.05) is 26.1 Å². The van der Waals surface area contributed by atoms with Gasteiger partial charge in [-0.1, -0.05) is 18.2 Å². The van der Waals surface area contributed by atoms with Crippen LogP contribution < -0.4 is 24.8 Å². The topological polar surface area (TPSA) is 68.8 Å². The minimum atomic E-state index is -0.0975. The molecule has 146 valence electrons. The minimum Gasteiger partial charge on any atom is -0.497 e. The van der Waals surface area contributed by atoms with E-state index in [9.17, 15) is 4.79 Å². The van der Waals surface area contributed by atoms with Gasteiger partial charge in [-0.05, 0) is 32.0 Å². The molecule has 0 saturated heterocycles. The zero-order chi connectivity index (χ0) is 19.6. The first-order valence-electron chi connectivity index (χ1n) is 9.03. The molecule has 0 aliphatic rings. The Balaban J connectivity index is 1.91. The summed E-state index contributed by atoms with van der Waals surface area (Å²) < 4.78 is 16.1. The van der Waals surface area contributed by atoms with Crippen LogP contribution in [0.1, 0.15) is 25.8 Å². The number of carbonyl (C=O) groups is 1. The Hall–Kier alpha value is -2.73. The molecule has 6 nitrogen and oxygen atoms in total. The van der Waals surface area contributed by atoms with Crippen molar-refractivity contribution in [3.63, 3.8) is 0 Å². The second-order valence-corrected chi connectivity index (χ2v) is 6.14. The fourth-order valence-electron chi connectivity index (χ4n) is 2.69. The lowest BCUT2D eigenvalue weighted by Crippen LogP contribution is -2.30. The number of hydrogen-bond acceptors (Lipinski definition) is 5. The molecule has 2 N–H and O–H groups in total. The SMILES string of the molecule is CCOc1ccccc1CNC(C)CC(=O)Nc1cc(OC)ccc1OC. The third-order valence-electron chi connectivity index (χ3n) is 4.09. The van der Waals surface area contributed by atoms with Gasteiger partial charge in [-0.25, -0.2) is 0 Å². The van der Waals surface area contributed by atoms with Crippen molar-refractivity contribution in [2.24, 2.45) is 0 Å². The van der Waals surface area contributed by atoms with Gasteiger partial charge in [0.05, 0.1) is 26.5 Å². The van der Waals surface area contributed by atoms with Crippen LogP contribution in [-0.2, 0) is 11.3 Å². The number of methoxy groups -OCH3 is 2. The van der Waals surface area contributed by atoms with Crippen LogP contribution in [0.4, 0.5) is 5.69 Å². The summed E-state index contributed by atoms with van der Waals surface area (Å²) in [6.07, 6.45) is 0.331. The largest absolute Gasteiger partial charge is 0.497 e. The summed E-state index contributed by atoms with van der Waals surface area (Å²) in [7, 11) is 3.15. The molecule has 0 radical (unpaired) electrons. The number of amides is 1. The van der Waals surface area contributed by atoms with Crippen LogP contribution >= 0.6 is 0 Å². The van der Waals surface area contributed by atoms with E-state index in [0.717, 1.165) is 11.3 Å². The number of benzene rings is 2. The molecule has 2 aromatic rings. The van der Waals surface area contributed by atoms with E-state index in [4.69, 9.17) is 14.2 Å². The number of hydrogen-bond donors (Lipinski definition) is 2. The summed E-state index contributed by atoms with van der Waals surface area (Å²) in [5, 5.41) is 6.26. The van der Waals surface area contributed by atoms with Gasteiger partial charge in [0, 0.05) is 30.6 Å². The number of ether oxygens (including phenoxy) is 3. The van der Waals surface area contributed by atoms with Crippen LogP contribution in [0.2, 0.25) is 0 Å². The standard InChI is InChI=1S/C21H28N2O4/c1-5-27-19-9-7-6-8-16(19)14-22-15(2)12-21(24)23-18-13-17(25-3)10-11-20(18)26-4/h6-11,13,15,22H,5,12,14H2,1-4H3,(H,23,24). The van der Waals surface area contributed by atoms with E-state index < -0.39 is 0 Å². The highest BCUT2D eigenvalue weighted by molar-refractivity contribution is 5.92. The Labute approximate surface area is 160 Å². The van der Waals surface area contributed by atoms with Crippen molar-refractivity contribution in [1.82, 2.24) is 5.32 Å². The highest BCUT2D eigenvalue weighted by Crippen LogP contribution is 2.29. The molecule has 0 aliphatic heterocycles. The third-order valence-corrected chi connectivity index (χ3v) is 4.09. The molecule has 0 fully saturated rings. The number of anilines is 1. The number of rotatable bonds is 10. The molecule has 1 amide bonds. The number of nitrogens with one attached hydrogen (secondary N) is 2. The summed E-state index contributed by atoms with van der Waals surface area (Å²) in [4.78, 5) is 12.4. The summed E-state index contributed by atoms with van der Waals surface area (Å²) in [6, 6.07) is 13.2. The van der Waals surface area contributed by atoms with Crippen molar-refractivity contribution in [1.29, 1.82) is 0 Å². The van der Waals surface area contributed by atoms with Crippen LogP contribution in [0.15, 0.2) is 42.5 Å². The van der Waals surface area contributed by atoms with Gasteiger partial charge in [-0.2, -0.15) is 0 Å². The van der Waals surface area contributed by atoms with E-state index >= 15 is 0 Å². The lowest BCUT2D eigenvalue weighted by atomic mass is 10.1. The maximum absolute atomic E-state index is 12.4. The van der Waals surface area contributed by atoms with Gasteiger partial charge < -0.3 is 24.8 Å². The molecule has 6 heteroatoms. The smallest absolute Gasteiger partial charge is 0.226 e. The Bertz CT molecular complexity index is 749. The first-order chi connectivity index (χ1) is 13.1. The molecule has 0 saturated carbocycles. The second-order valence-electron chi connectivity index (χ2n) is 6.14. The van der Waals surface area contributed by atoms with Gasteiger partial charge in [-0.3, -0.25) is 4.79 Å². The van der Waals surface area contributed by atoms with E-state index in [1.165, 1.54) is 0 Å². The van der Waals surface area contributed by atoms with Crippen LogP contribution in [-0.4, -0.2) is 32.8 Å². The molecule has 1 unspecified atom stereocenters. The monoisotopic (exact) mass is 372 g/mol. The maximum atomic E-state index is 12.4. The lowest BCUT2D eigenvalue weighted by molar-refractivity contribution is -0.116. The molecule has 27 heavy (non-hydrogen) atoms. The second kappa shape index (κ2) is 10.4. The molecule has 2 aromatic carbocycles. The number of carbonyl (C=O) groups excluding carboxylic acids is 1. The first kappa shape index (κ1) is 20.6. The Morgan fingerprint density at radius 2 is 1.85 bits per heavy atom. The van der Waals surface area contributed by atoms with Gasteiger partial charge in [0.15, 0.2) is 0 Å². The van der Waals surface area contributed by atoms with E-state index in [0.29, 0.717) is 36.8 Å². The van der Waals surface area contributed by atoms with Crippen LogP contribution in [0.3, 0.4) is 0 Å². The van der Waals surface area contributed by atoms with Crippen molar-refractivity contribution < 1.29 is 19.0 Å². The Kier molecular flexibility index (Phi) is 7.95. The molecule has 0 spiro atoms. The van der Waals surface area contributed by atoms with Crippen LogP contribution in [0, 0.1) is 0 Å². The van der Waals surface area contributed by atoms with Crippen molar-refractivity contribution in [3.05, 3.63) is 48.0 Å². The highest BCUT2D eigenvalue weighted by atomic mass is 16.5. The normalized spacial score (nSPS) is 11.6. The molecule has 0 heterocycles. The maximum Gasteiger partial charge on any atom is 0.226 e. The van der Waals surface area contributed by atoms with E-state index in [1.54, 1.807) is 32.4 Å². The molecular formula is C21H28N2O4. The average molecular weight is 372 g/mol. The van der Waals surface area contributed by atoms with Crippen molar-refractivity contribution >= 4 is 11.6 Å². The zero-order valence-electron chi connectivity index (χ0n) is 16.4. The number of para-hydroxylation sites is 1. The Morgan fingerprint density at radius 3 is 2.56 bits per heavy atom. The molecule has 1 atom stereocenters. The van der Waals surface area contributed by atoms with Crippen LogP contribution in [0.5, 0.6) is 17.2 Å². The van der Waals surface area contributed by atoms with Gasteiger partial charge in [-0.15, -0.1) is 0 Å². The lowest BCUT2D eigenvalue weighted by Gasteiger charge is -2.17. The van der Waals surface area contributed by atoms with Crippen LogP contribution in [0.25, 0.3) is 0 Å². The summed E-state index contributed by atoms with van der Waals surface area (Å²) in [6.45, 7) is 5.19. The minimum absolute atomic E-state index is 0.00344. The summed E-state index contributed by atoms with van der Waals surface area (Å²) >= 11 is 0. The highest BCUT2D eigenvalue weighted by Gasteiger charge is 2.13. The van der Waals surface area contributed by atoms with E-state index in [-0.39, 0.29) is 11.9 Å². The van der Waals surface area contributed by atoms with Crippen molar-refractivity contribution in [2.45, 2.75) is 32.9 Å². The molecule has 0 bridgehead atoms. The van der Waals surface area contributed by atoms with Gasteiger partial charge in [0.2, 0.25) is 5.91 Å². The fourth-order valence-corrected chi connectivity index (χ4v) is 2.69. The predicted octanol–water partition coefficient (Wildman–Crippen LogP) is 3.61. The van der Waals surface area contributed by atoms with Gasteiger partial charge in [0.1, 0.15) is 17.2 Å². The molecular weight excluding hydrogens is 344 g/mol. The third kappa shape index (κ3) is 6.18. The predicted molar refractivity (Wildman–Crippen MR) is 107 cm³/mol. The summed E-state index contributed by atoms with van der Waals surface area (Å²) in [5.41, 5.74) is 1.66. The van der Waals surface area contributed by atoms with E-state index in [2.05, 4.69) is 10.6 Å². The van der Waals surface area contributed by atoms with Gasteiger partial charge >= 0.3 is 0 Å². The first-order valence-corrected chi connectivity index (χ1v) is 9.03. The molecule has 0 aromatic heterocycles. The van der Waals surface area contributed by atoms with E-state index in [1.807, 2.05) is 38.1 Å². The summed E-state index contributed by atoms with van der Waals surface area (Å²) in [5.74, 6) is 2.02. The van der Waals surface area contributed by atoms with Crippen molar-refractivity contribution in [3.8, 4) is 17.2 Å².